The lowest BCUT2D eigenvalue weighted by molar-refractivity contribution is -0.152. The van der Waals surface area contributed by atoms with Crippen molar-refractivity contribution < 1.29 is 19.1 Å². The Bertz CT molecular complexity index is 636. The third-order valence-electron chi connectivity index (χ3n) is 9.33. The Morgan fingerprint density at radius 3 is 1.15 bits per heavy atom. The van der Waals surface area contributed by atoms with Gasteiger partial charge in [-0.05, 0) is 72.1 Å². The lowest BCUT2D eigenvalue weighted by Gasteiger charge is -2.31. The number of carbonyl (C=O) groups excluding carboxylic acids is 2. The summed E-state index contributed by atoms with van der Waals surface area (Å²) in [6.07, 6.45) is 30.2. The van der Waals surface area contributed by atoms with Crippen molar-refractivity contribution in [2.24, 2.45) is 0 Å². The maximum Gasteiger partial charge on any atom is 0.306 e. The first-order valence-electron chi connectivity index (χ1n) is 20.6. The maximum absolute atomic E-state index is 12.9. The predicted molar refractivity (Wildman–Crippen MR) is 202 cm³/mol. The van der Waals surface area contributed by atoms with Crippen LogP contribution in [0, 0.1) is 0 Å². The number of carbonyl (C=O) groups is 2. The third kappa shape index (κ3) is 31.9. The molecule has 0 aromatic rings. The molecular formula is C41H82N2O4. The van der Waals surface area contributed by atoms with Crippen molar-refractivity contribution in [2.45, 2.75) is 213 Å². The van der Waals surface area contributed by atoms with Gasteiger partial charge in [0.25, 0.3) is 0 Å². The van der Waals surface area contributed by atoms with Gasteiger partial charge in [-0.15, -0.1) is 0 Å². The van der Waals surface area contributed by atoms with Gasteiger partial charge in [0.1, 0.15) is 12.2 Å². The van der Waals surface area contributed by atoms with E-state index in [0.717, 1.165) is 96.8 Å². The molecular weight excluding hydrogens is 584 g/mol. The van der Waals surface area contributed by atoms with Gasteiger partial charge < -0.3 is 14.4 Å². The summed E-state index contributed by atoms with van der Waals surface area (Å²) < 4.78 is 12.4. The second-order valence-corrected chi connectivity index (χ2v) is 14.6. The van der Waals surface area contributed by atoms with E-state index in [0.29, 0.717) is 12.8 Å². The number of hydrogen-bond donors (Lipinski definition) is 0. The third-order valence-corrected chi connectivity index (χ3v) is 9.33. The smallest absolute Gasteiger partial charge is 0.306 e. The van der Waals surface area contributed by atoms with E-state index < -0.39 is 0 Å². The average molecular weight is 667 g/mol. The first-order chi connectivity index (χ1) is 22.9. The Labute approximate surface area is 293 Å². The molecule has 2 atom stereocenters. The summed E-state index contributed by atoms with van der Waals surface area (Å²) in [7, 11) is 4.24. The van der Waals surface area contributed by atoms with E-state index in [1.54, 1.807) is 0 Å². The monoisotopic (exact) mass is 667 g/mol. The summed E-state index contributed by atoms with van der Waals surface area (Å²) in [5.41, 5.74) is 0. The molecule has 0 amide bonds. The van der Waals surface area contributed by atoms with Gasteiger partial charge in [-0.3, -0.25) is 14.5 Å². The van der Waals surface area contributed by atoms with Crippen molar-refractivity contribution in [3.63, 3.8) is 0 Å². The summed E-state index contributed by atoms with van der Waals surface area (Å²) in [5.74, 6) is -0.0943. The number of hydrogen-bond acceptors (Lipinski definition) is 6. The van der Waals surface area contributed by atoms with Gasteiger partial charge >= 0.3 is 11.9 Å². The molecule has 6 nitrogen and oxygen atoms in total. The largest absolute Gasteiger partial charge is 0.461 e. The van der Waals surface area contributed by atoms with Crippen molar-refractivity contribution >= 4 is 11.9 Å². The average Bonchev–Trinajstić information content (AvgIpc) is 3.03. The fourth-order valence-corrected chi connectivity index (χ4v) is 6.36. The molecule has 0 saturated carbocycles. The van der Waals surface area contributed by atoms with E-state index in [4.69, 9.17) is 9.47 Å². The molecule has 47 heavy (non-hydrogen) atoms. The van der Waals surface area contributed by atoms with Gasteiger partial charge in [-0.2, -0.15) is 0 Å². The van der Waals surface area contributed by atoms with Gasteiger partial charge in [-0.25, -0.2) is 0 Å². The van der Waals surface area contributed by atoms with Crippen molar-refractivity contribution in [3.05, 3.63) is 0 Å². The molecule has 0 heterocycles. The highest BCUT2D eigenvalue weighted by Crippen LogP contribution is 2.18. The van der Waals surface area contributed by atoms with E-state index in [2.05, 4.69) is 51.6 Å². The quantitative estimate of drug-likeness (QED) is 0.0490. The van der Waals surface area contributed by atoms with Crippen LogP contribution in [-0.4, -0.2) is 74.2 Å². The predicted octanol–water partition coefficient (Wildman–Crippen LogP) is 11.3. The Hall–Kier alpha value is -1.14. The van der Waals surface area contributed by atoms with Gasteiger partial charge in [0.15, 0.2) is 0 Å². The standard InChI is InChI=1S/C41H82N2O4/c1-7-11-15-17-19-21-23-27-30-38(46-40(44)32-25-13-9-3)36-43(35-29-34-42(5)6)37-39(47-41(45)33-26-14-10-4)31-28-24-22-20-18-16-12-8-2/h38-39H,7-37H2,1-6H3. The molecule has 0 aliphatic rings. The van der Waals surface area contributed by atoms with Crippen molar-refractivity contribution in [3.8, 4) is 0 Å². The number of esters is 2. The summed E-state index contributed by atoms with van der Waals surface area (Å²) in [5, 5.41) is 0. The summed E-state index contributed by atoms with van der Waals surface area (Å²) in [6, 6.07) is 0. The lowest BCUT2D eigenvalue weighted by Crippen LogP contribution is -2.42. The molecule has 0 aliphatic carbocycles. The highest BCUT2D eigenvalue weighted by Gasteiger charge is 2.23. The molecule has 0 aliphatic heterocycles. The van der Waals surface area contributed by atoms with Crippen LogP contribution in [0.1, 0.15) is 201 Å². The number of unbranched alkanes of at least 4 members (excludes halogenated alkanes) is 18. The second kappa shape index (κ2) is 34.7. The minimum atomic E-state index is -0.104. The molecule has 0 radical (unpaired) electrons. The summed E-state index contributed by atoms with van der Waals surface area (Å²) in [6.45, 7) is 12.3. The fourth-order valence-electron chi connectivity index (χ4n) is 6.36. The van der Waals surface area contributed by atoms with Gasteiger partial charge in [0.05, 0.1) is 0 Å². The second-order valence-electron chi connectivity index (χ2n) is 14.6. The minimum absolute atomic E-state index is 0.0471. The molecule has 0 fully saturated rings. The van der Waals surface area contributed by atoms with Crippen LogP contribution in [0.2, 0.25) is 0 Å². The normalized spacial score (nSPS) is 12.9. The molecule has 0 aromatic heterocycles. The number of rotatable bonds is 36. The van der Waals surface area contributed by atoms with Crippen LogP contribution in [-0.2, 0) is 19.1 Å². The first kappa shape index (κ1) is 45.9. The zero-order chi connectivity index (χ0) is 34.8. The topological polar surface area (TPSA) is 59.1 Å². The van der Waals surface area contributed by atoms with Crippen LogP contribution in [0.15, 0.2) is 0 Å². The minimum Gasteiger partial charge on any atom is -0.461 e. The molecule has 6 heteroatoms. The molecule has 0 spiro atoms. The van der Waals surface area contributed by atoms with E-state index in [-0.39, 0.29) is 24.1 Å². The zero-order valence-electron chi connectivity index (χ0n) is 32.6. The van der Waals surface area contributed by atoms with Crippen LogP contribution in [0.3, 0.4) is 0 Å². The van der Waals surface area contributed by atoms with Crippen LogP contribution in [0.4, 0.5) is 0 Å². The Morgan fingerprint density at radius 2 is 0.787 bits per heavy atom. The molecule has 0 aromatic carbocycles. The van der Waals surface area contributed by atoms with E-state index in [9.17, 15) is 9.59 Å². The number of nitrogens with zero attached hydrogens (tertiary/aromatic N) is 2. The first-order valence-corrected chi connectivity index (χ1v) is 20.6. The van der Waals surface area contributed by atoms with Crippen LogP contribution in [0.25, 0.3) is 0 Å². The summed E-state index contributed by atoms with van der Waals surface area (Å²) >= 11 is 0. The van der Waals surface area contributed by atoms with Crippen LogP contribution < -0.4 is 0 Å². The van der Waals surface area contributed by atoms with E-state index in [1.807, 2.05) is 0 Å². The van der Waals surface area contributed by atoms with Crippen molar-refractivity contribution in [1.82, 2.24) is 9.80 Å². The SMILES string of the molecule is CCCCCCCCCCC(CN(CCCN(C)C)CC(CCCCCCCCCC)OC(=O)CCCCC)OC(=O)CCCCC. The van der Waals surface area contributed by atoms with Gasteiger partial charge in [0, 0.05) is 25.9 Å². The molecule has 2 unspecified atom stereocenters. The maximum atomic E-state index is 12.9. The molecule has 0 N–H and O–H groups in total. The highest BCUT2D eigenvalue weighted by atomic mass is 16.5. The van der Waals surface area contributed by atoms with Crippen molar-refractivity contribution in [1.29, 1.82) is 0 Å². The van der Waals surface area contributed by atoms with Crippen LogP contribution in [0.5, 0.6) is 0 Å². The van der Waals surface area contributed by atoms with Crippen molar-refractivity contribution in [2.75, 3.05) is 40.3 Å². The Morgan fingerprint density at radius 1 is 0.447 bits per heavy atom. The highest BCUT2D eigenvalue weighted by molar-refractivity contribution is 5.69. The fraction of sp³-hybridized carbons (Fsp3) is 0.951. The van der Waals surface area contributed by atoms with Gasteiger partial charge in [-0.1, -0.05) is 143 Å². The Kier molecular flexibility index (Phi) is 33.9. The molecule has 0 saturated heterocycles. The molecule has 280 valence electrons. The summed E-state index contributed by atoms with van der Waals surface area (Å²) in [4.78, 5) is 30.5. The Balaban J connectivity index is 5.47. The molecule has 0 rings (SSSR count). The van der Waals surface area contributed by atoms with E-state index in [1.165, 1.54) is 89.9 Å². The van der Waals surface area contributed by atoms with Crippen LogP contribution >= 0.6 is 0 Å². The van der Waals surface area contributed by atoms with Gasteiger partial charge in [0.2, 0.25) is 0 Å². The zero-order valence-corrected chi connectivity index (χ0v) is 32.6. The number of ether oxygens (including phenoxy) is 2. The lowest BCUT2D eigenvalue weighted by atomic mass is 10.0. The van der Waals surface area contributed by atoms with E-state index >= 15 is 0 Å². The molecule has 0 bridgehead atoms.